The predicted molar refractivity (Wildman–Crippen MR) is 74.8 cm³/mol. The first-order valence-corrected chi connectivity index (χ1v) is 6.64. The Labute approximate surface area is 123 Å². The first-order valence-electron chi connectivity index (χ1n) is 5.84. The van der Waals surface area contributed by atoms with Gasteiger partial charge in [-0.3, -0.25) is 4.79 Å². The fourth-order valence-corrected chi connectivity index (χ4v) is 1.96. The summed E-state index contributed by atoms with van der Waals surface area (Å²) in [5.74, 6) is -1.32. The Bertz CT molecular complexity index is 656. The lowest BCUT2D eigenvalue weighted by atomic mass is 10.1. The molecule has 2 aromatic rings. The third-order valence-electron chi connectivity index (χ3n) is 2.74. The van der Waals surface area contributed by atoms with Crippen LogP contribution in [0.25, 0.3) is 0 Å². The Morgan fingerprint density at radius 3 is 2.50 bits per heavy atom. The van der Waals surface area contributed by atoms with E-state index in [9.17, 15) is 13.6 Å². The summed E-state index contributed by atoms with van der Waals surface area (Å²) in [6.45, 7) is 1.27. The number of benzene rings is 2. The third-order valence-corrected chi connectivity index (χ3v) is 3.23. The molecular formula is C15H11BrF2O2. The summed E-state index contributed by atoms with van der Waals surface area (Å²) >= 11 is 3.15. The minimum absolute atomic E-state index is 0.0164. The fraction of sp³-hybridized carbons (Fsp3) is 0.133. The molecule has 20 heavy (non-hydrogen) atoms. The van der Waals surface area contributed by atoms with Gasteiger partial charge >= 0.3 is 0 Å². The molecule has 0 aromatic heterocycles. The van der Waals surface area contributed by atoms with Crippen LogP contribution in [0, 0.1) is 11.6 Å². The molecular weight excluding hydrogens is 330 g/mol. The van der Waals surface area contributed by atoms with Crippen molar-refractivity contribution in [3.63, 3.8) is 0 Å². The molecule has 0 spiro atoms. The van der Waals surface area contributed by atoms with Gasteiger partial charge in [-0.05, 0) is 37.3 Å². The van der Waals surface area contributed by atoms with Gasteiger partial charge in [-0.1, -0.05) is 22.0 Å². The molecule has 0 saturated carbocycles. The van der Waals surface area contributed by atoms with Crippen molar-refractivity contribution >= 4 is 21.7 Å². The summed E-state index contributed by atoms with van der Waals surface area (Å²) in [6, 6.07) is 8.49. The maximum Gasteiger partial charge on any atom is 0.165 e. The van der Waals surface area contributed by atoms with E-state index in [0.717, 1.165) is 6.07 Å². The zero-order valence-corrected chi connectivity index (χ0v) is 12.2. The topological polar surface area (TPSA) is 26.3 Å². The third kappa shape index (κ3) is 3.42. The molecule has 0 fully saturated rings. The summed E-state index contributed by atoms with van der Waals surface area (Å²) < 4.78 is 33.1. The van der Waals surface area contributed by atoms with Gasteiger partial charge in [0.15, 0.2) is 17.3 Å². The van der Waals surface area contributed by atoms with Gasteiger partial charge in [-0.25, -0.2) is 8.78 Å². The van der Waals surface area contributed by atoms with Crippen LogP contribution in [-0.4, -0.2) is 5.78 Å². The average molecular weight is 341 g/mol. The molecule has 2 aromatic carbocycles. The molecule has 0 unspecified atom stereocenters. The van der Waals surface area contributed by atoms with Gasteiger partial charge in [0.1, 0.15) is 12.4 Å². The van der Waals surface area contributed by atoms with Crippen molar-refractivity contribution in [2.75, 3.05) is 0 Å². The highest BCUT2D eigenvalue weighted by Crippen LogP contribution is 2.21. The van der Waals surface area contributed by atoms with Gasteiger partial charge < -0.3 is 4.74 Å². The minimum atomic E-state index is -0.643. The molecule has 104 valence electrons. The maximum absolute atomic E-state index is 13.7. The van der Waals surface area contributed by atoms with Gasteiger partial charge in [0, 0.05) is 15.6 Å². The molecule has 0 atom stereocenters. The van der Waals surface area contributed by atoms with Crippen LogP contribution in [0.3, 0.4) is 0 Å². The number of hydrogen-bond acceptors (Lipinski definition) is 2. The van der Waals surface area contributed by atoms with Crippen LogP contribution >= 0.6 is 15.9 Å². The van der Waals surface area contributed by atoms with Crippen molar-refractivity contribution in [3.05, 3.63) is 63.6 Å². The molecule has 2 rings (SSSR count). The average Bonchev–Trinajstić information content (AvgIpc) is 2.38. The Morgan fingerprint density at radius 2 is 1.90 bits per heavy atom. The Balaban J connectivity index is 2.13. The second kappa shape index (κ2) is 6.13. The fourth-order valence-electron chi connectivity index (χ4n) is 1.63. The molecule has 2 nitrogen and oxygen atoms in total. The summed E-state index contributed by atoms with van der Waals surface area (Å²) in [5, 5.41) is 0. The van der Waals surface area contributed by atoms with Gasteiger partial charge in [-0.15, -0.1) is 0 Å². The molecule has 0 bridgehead atoms. The quantitative estimate of drug-likeness (QED) is 0.765. The van der Waals surface area contributed by atoms with Crippen molar-refractivity contribution in [1.82, 2.24) is 0 Å². The largest absolute Gasteiger partial charge is 0.486 e. The van der Waals surface area contributed by atoms with Gasteiger partial charge in [0.2, 0.25) is 0 Å². The van der Waals surface area contributed by atoms with Crippen LogP contribution < -0.4 is 4.74 Å². The highest BCUT2D eigenvalue weighted by atomic mass is 79.9. The van der Waals surface area contributed by atoms with Crippen molar-refractivity contribution in [3.8, 4) is 5.75 Å². The maximum atomic E-state index is 13.7. The minimum Gasteiger partial charge on any atom is -0.486 e. The molecule has 0 saturated heterocycles. The summed E-state index contributed by atoms with van der Waals surface area (Å²) in [4.78, 5) is 11.1. The highest BCUT2D eigenvalue weighted by Gasteiger charge is 2.09. The molecule has 0 amide bonds. The number of Topliss-reactive ketones (excluding diaryl/α,β-unsaturated/α-hetero) is 1. The molecule has 0 N–H and O–H groups in total. The molecule has 0 radical (unpaired) electrons. The SMILES string of the molecule is CC(=O)c1ccc(OCc2ccc(Br)cc2F)c(F)c1. The van der Waals surface area contributed by atoms with E-state index in [4.69, 9.17) is 4.74 Å². The molecule has 0 aliphatic rings. The second-order valence-electron chi connectivity index (χ2n) is 4.23. The van der Waals surface area contributed by atoms with E-state index >= 15 is 0 Å². The monoisotopic (exact) mass is 340 g/mol. The zero-order valence-electron chi connectivity index (χ0n) is 10.6. The number of halogens is 3. The number of ether oxygens (including phenoxy) is 1. The van der Waals surface area contributed by atoms with E-state index in [1.165, 1.54) is 25.1 Å². The van der Waals surface area contributed by atoms with Gasteiger partial charge in [-0.2, -0.15) is 0 Å². The normalized spacial score (nSPS) is 10.4. The van der Waals surface area contributed by atoms with Gasteiger partial charge in [0.25, 0.3) is 0 Å². The molecule has 0 aliphatic heterocycles. The van der Waals surface area contributed by atoms with E-state index in [-0.39, 0.29) is 23.7 Å². The summed E-state index contributed by atoms with van der Waals surface area (Å²) in [6.07, 6.45) is 0. The van der Waals surface area contributed by atoms with Crippen molar-refractivity contribution < 1.29 is 18.3 Å². The van der Waals surface area contributed by atoms with Crippen molar-refractivity contribution in [2.24, 2.45) is 0 Å². The molecule has 0 heterocycles. The Kier molecular flexibility index (Phi) is 4.49. The van der Waals surface area contributed by atoms with Crippen molar-refractivity contribution in [2.45, 2.75) is 13.5 Å². The number of carbonyl (C=O) groups is 1. The van der Waals surface area contributed by atoms with Crippen LogP contribution in [0.4, 0.5) is 8.78 Å². The van der Waals surface area contributed by atoms with E-state index in [0.29, 0.717) is 10.0 Å². The number of carbonyl (C=O) groups excluding carboxylic acids is 1. The molecule has 0 aliphatic carbocycles. The Morgan fingerprint density at radius 1 is 1.15 bits per heavy atom. The summed E-state index contributed by atoms with van der Waals surface area (Å²) in [7, 11) is 0. The summed E-state index contributed by atoms with van der Waals surface area (Å²) in [5.41, 5.74) is 0.591. The number of rotatable bonds is 4. The number of ketones is 1. The van der Waals surface area contributed by atoms with E-state index in [1.807, 2.05) is 0 Å². The highest BCUT2D eigenvalue weighted by molar-refractivity contribution is 9.10. The Hall–Kier alpha value is -1.75. The first kappa shape index (κ1) is 14.7. The van der Waals surface area contributed by atoms with E-state index in [1.54, 1.807) is 12.1 Å². The van der Waals surface area contributed by atoms with Crippen molar-refractivity contribution in [1.29, 1.82) is 0 Å². The van der Waals surface area contributed by atoms with Crippen LogP contribution in [0.15, 0.2) is 40.9 Å². The van der Waals surface area contributed by atoms with Crippen LogP contribution in [0.2, 0.25) is 0 Å². The standard InChI is InChI=1S/C15H11BrF2O2/c1-9(19)10-3-5-15(14(18)6-10)20-8-11-2-4-12(16)7-13(11)17/h2-7H,8H2,1H3. The van der Waals surface area contributed by atoms with E-state index in [2.05, 4.69) is 15.9 Å². The predicted octanol–water partition coefficient (Wildman–Crippen LogP) is 4.51. The van der Waals surface area contributed by atoms with Crippen LogP contribution in [0.5, 0.6) is 5.75 Å². The number of hydrogen-bond donors (Lipinski definition) is 0. The zero-order chi connectivity index (χ0) is 14.7. The lowest BCUT2D eigenvalue weighted by molar-refractivity contribution is 0.101. The molecule has 5 heteroatoms. The van der Waals surface area contributed by atoms with Crippen LogP contribution in [-0.2, 0) is 6.61 Å². The lowest BCUT2D eigenvalue weighted by Crippen LogP contribution is -2.01. The lowest BCUT2D eigenvalue weighted by Gasteiger charge is -2.09. The van der Waals surface area contributed by atoms with Gasteiger partial charge in [0.05, 0.1) is 0 Å². The van der Waals surface area contributed by atoms with E-state index < -0.39 is 11.6 Å². The second-order valence-corrected chi connectivity index (χ2v) is 5.14. The first-order chi connectivity index (χ1) is 9.47. The van der Waals surface area contributed by atoms with Crippen LogP contribution in [0.1, 0.15) is 22.8 Å². The smallest absolute Gasteiger partial charge is 0.165 e.